The minimum Gasteiger partial charge on any atom is -0.454 e. The zero-order valence-electron chi connectivity index (χ0n) is 13.4. The second-order valence-corrected chi connectivity index (χ2v) is 6.48. The quantitative estimate of drug-likeness (QED) is 0.659. The summed E-state index contributed by atoms with van der Waals surface area (Å²) < 4.78 is 11.8. The predicted octanol–water partition coefficient (Wildman–Crippen LogP) is 4.76. The zero-order chi connectivity index (χ0) is 17.2. The minimum absolute atomic E-state index is 0.257. The number of halogens is 1. The number of fused-ring (bicyclic) bond motifs is 1. The average molecular weight is 399 g/mol. The van der Waals surface area contributed by atoms with Crippen molar-refractivity contribution in [2.45, 2.75) is 6.92 Å². The third-order valence-corrected chi connectivity index (χ3v) is 4.26. The standard InChI is InChI=1S/C18H15BrN4O2/c1-11-6-12(19)2-4-14(11)23-18-8-17(20-9-21-18)22-13-3-5-15-16(7-13)25-10-24-15/h2-9H,10H2,1H3,(H2,20,21,22,23). The number of anilines is 4. The van der Waals surface area contributed by atoms with Gasteiger partial charge < -0.3 is 20.1 Å². The van der Waals surface area contributed by atoms with E-state index in [1.165, 1.54) is 6.33 Å². The first-order chi connectivity index (χ1) is 12.2. The molecule has 1 aliphatic heterocycles. The number of nitrogens with one attached hydrogen (secondary N) is 2. The van der Waals surface area contributed by atoms with Gasteiger partial charge in [0.1, 0.15) is 18.0 Å². The van der Waals surface area contributed by atoms with Gasteiger partial charge in [0.2, 0.25) is 6.79 Å². The molecule has 1 aliphatic rings. The van der Waals surface area contributed by atoms with E-state index < -0.39 is 0 Å². The minimum atomic E-state index is 0.257. The fourth-order valence-corrected chi connectivity index (χ4v) is 3.00. The van der Waals surface area contributed by atoms with E-state index in [0.29, 0.717) is 11.6 Å². The lowest BCUT2D eigenvalue weighted by Gasteiger charge is -2.11. The predicted molar refractivity (Wildman–Crippen MR) is 100 cm³/mol. The van der Waals surface area contributed by atoms with Gasteiger partial charge in [-0.2, -0.15) is 0 Å². The van der Waals surface area contributed by atoms with Gasteiger partial charge in [-0.25, -0.2) is 9.97 Å². The Morgan fingerprint density at radius 2 is 1.72 bits per heavy atom. The number of ether oxygens (including phenoxy) is 2. The largest absolute Gasteiger partial charge is 0.454 e. The van der Waals surface area contributed by atoms with Gasteiger partial charge in [0.15, 0.2) is 11.5 Å². The Bertz CT molecular complexity index is 933. The summed E-state index contributed by atoms with van der Waals surface area (Å²) in [4.78, 5) is 8.54. The summed E-state index contributed by atoms with van der Waals surface area (Å²) >= 11 is 3.47. The van der Waals surface area contributed by atoms with E-state index in [-0.39, 0.29) is 6.79 Å². The molecule has 4 rings (SSSR count). The average Bonchev–Trinajstić information content (AvgIpc) is 3.05. The van der Waals surface area contributed by atoms with E-state index in [4.69, 9.17) is 9.47 Å². The highest BCUT2D eigenvalue weighted by Crippen LogP contribution is 2.35. The summed E-state index contributed by atoms with van der Waals surface area (Å²) in [6.45, 7) is 2.30. The Morgan fingerprint density at radius 3 is 2.56 bits per heavy atom. The van der Waals surface area contributed by atoms with Crippen LogP contribution < -0.4 is 20.1 Å². The van der Waals surface area contributed by atoms with Crippen LogP contribution in [-0.4, -0.2) is 16.8 Å². The summed E-state index contributed by atoms with van der Waals surface area (Å²) in [5, 5.41) is 6.56. The molecule has 6 nitrogen and oxygen atoms in total. The van der Waals surface area contributed by atoms with Gasteiger partial charge in [-0.3, -0.25) is 0 Å². The topological polar surface area (TPSA) is 68.3 Å². The highest BCUT2D eigenvalue weighted by Gasteiger charge is 2.13. The molecule has 0 bridgehead atoms. The molecule has 2 N–H and O–H groups in total. The first-order valence-electron chi connectivity index (χ1n) is 7.69. The van der Waals surface area contributed by atoms with Crippen molar-refractivity contribution >= 4 is 38.9 Å². The highest BCUT2D eigenvalue weighted by molar-refractivity contribution is 9.10. The molecule has 126 valence electrons. The van der Waals surface area contributed by atoms with Gasteiger partial charge >= 0.3 is 0 Å². The fourth-order valence-electron chi connectivity index (χ4n) is 2.52. The van der Waals surface area contributed by atoms with Crippen LogP contribution >= 0.6 is 15.9 Å². The molecular weight excluding hydrogens is 384 g/mol. The van der Waals surface area contributed by atoms with Gasteiger partial charge in [0.05, 0.1) is 0 Å². The number of rotatable bonds is 4. The molecule has 2 heterocycles. The first-order valence-corrected chi connectivity index (χ1v) is 8.48. The van der Waals surface area contributed by atoms with Gasteiger partial charge in [-0.1, -0.05) is 15.9 Å². The number of hydrogen-bond donors (Lipinski definition) is 2. The second-order valence-electron chi connectivity index (χ2n) is 5.57. The normalized spacial score (nSPS) is 12.1. The van der Waals surface area contributed by atoms with Gasteiger partial charge in [-0.15, -0.1) is 0 Å². The highest BCUT2D eigenvalue weighted by atomic mass is 79.9. The van der Waals surface area contributed by atoms with Crippen molar-refractivity contribution in [2.24, 2.45) is 0 Å². The third-order valence-electron chi connectivity index (χ3n) is 3.76. The molecule has 0 unspecified atom stereocenters. The molecule has 0 fully saturated rings. The Balaban J connectivity index is 1.53. The monoisotopic (exact) mass is 398 g/mol. The maximum atomic E-state index is 5.39. The molecule has 0 amide bonds. The van der Waals surface area contributed by atoms with Gasteiger partial charge in [0, 0.05) is 28.0 Å². The molecule has 2 aromatic carbocycles. The summed E-state index contributed by atoms with van der Waals surface area (Å²) in [5.74, 6) is 2.87. The van der Waals surface area contributed by atoms with Crippen molar-refractivity contribution in [3.05, 3.63) is 58.8 Å². The van der Waals surface area contributed by atoms with Crippen molar-refractivity contribution in [3.63, 3.8) is 0 Å². The summed E-state index contributed by atoms with van der Waals surface area (Å²) in [6, 6.07) is 13.6. The smallest absolute Gasteiger partial charge is 0.231 e. The zero-order valence-corrected chi connectivity index (χ0v) is 15.0. The van der Waals surface area contributed by atoms with E-state index in [1.54, 1.807) is 0 Å². The number of aromatic nitrogens is 2. The van der Waals surface area contributed by atoms with Crippen LogP contribution in [-0.2, 0) is 0 Å². The SMILES string of the molecule is Cc1cc(Br)ccc1Nc1cc(Nc2ccc3c(c2)OCO3)ncn1. The molecule has 0 saturated heterocycles. The van der Waals surface area contributed by atoms with Crippen LogP contribution in [0.15, 0.2) is 53.3 Å². The van der Waals surface area contributed by atoms with Crippen molar-refractivity contribution in [1.29, 1.82) is 0 Å². The number of hydrogen-bond acceptors (Lipinski definition) is 6. The lowest BCUT2D eigenvalue weighted by atomic mass is 10.2. The van der Waals surface area contributed by atoms with E-state index in [2.05, 4.69) is 42.6 Å². The van der Waals surface area contributed by atoms with Crippen molar-refractivity contribution < 1.29 is 9.47 Å². The van der Waals surface area contributed by atoms with E-state index in [1.807, 2.05) is 43.3 Å². The van der Waals surface area contributed by atoms with Gasteiger partial charge in [-0.05, 0) is 42.8 Å². The molecule has 0 saturated carbocycles. The number of nitrogens with zero attached hydrogens (tertiary/aromatic N) is 2. The molecule has 3 aromatic rings. The van der Waals surface area contributed by atoms with Crippen molar-refractivity contribution in [2.75, 3.05) is 17.4 Å². The number of aryl methyl sites for hydroxylation is 1. The Labute approximate surface area is 153 Å². The lowest BCUT2D eigenvalue weighted by molar-refractivity contribution is 0.174. The van der Waals surface area contributed by atoms with Gasteiger partial charge in [0.25, 0.3) is 0 Å². The summed E-state index contributed by atoms with van der Waals surface area (Å²) in [7, 11) is 0. The summed E-state index contributed by atoms with van der Waals surface area (Å²) in [5.41, 5.74) is 2.99. The fraction of sp³-hybridized carbons (Fsp3) is 0.111. The van der Waals surface area contributed by atoms with Crippen LogP contribution in [0.3, 0.4) is 0 Å². The summed E-state index contributed by atoms with van der Waals surface area (Å²) in [6.07, 6.45) is 1.52. The number of benzene rings is 2. The molecule has 0 spiro atoms. The molecule has 25 heavy (non-hydrogen) atoms. The third kappa shape index (κ3) is 3.51. The Kier molecular flexibility index (Phi) is 4.15. The molecule has 0 aliphatic carbocycles. The second kappa shape index (κ2) is 6.60. The molecule has 7 heteroatoms. The van der Waals surface area contributed by atoms with Crippen molar-refractivity contribution in [3.8, 4) is 11.5 Å². The van der Waals surface area contributed by atoms with E-state index in [0.717, 1.165) is 32.9 Å². The van der Waals surface area contributed by atoms with Crippen LogP contribution in [0.2, 0.25) is 0 Å². The van der Waals surface area contributed by atoms with Crippen molar-refractivity contribution in [1.82, 2.24) is 9.97 Å². The maximum Gasteiger partial charge on any atom is 0.231 e. The van der Waals surface area contributed by atoms with Crippen LogP contribution in [0.1, 0.15) is 5.56 Å². The molecule has 0 radical (unpaired) electrons. The van der Waals surface area contributed by atoms with E-state index in [9.17, 15) is 0 Å². The van der Waals surface area contributed by atoms with Crippen LogP contribution in [0.4, 0.5) is 23.0 Å². The molecule has 1 aromatic heterocycles. The lowest BCUT2D eigenvalue weighted by Crippen LogP contribution is -1.99. The first kappa shape index (κ1) is 15.7. The Hall–Kier alpha value is -2.80. The molecule has 0 atom stereocenters. The Morgan fingerprint density at radius 1 is 0.920 bits per heavy atom. The molecular formula is C18H15BrN4O2. The maximum absolute atomic E-state index is 5.39. The van der Waals surface area contributed by atoms with Crippen LogP contribution in [0.5, 0.6) is 11.5 Å². The van der Waals surface area contributed by atoms with E-state index >= 15 is 0 Å². The van der Waals surface area contributed by atoms with Crippen LogP contribution in [0.25, 0.3) is 0 Å². The van der Waals surface area contributed by atoms with Crippen LogP contribution in [0, 0.1) is 6.92 Å².